The van der Waals surface area contributed by atoms with Gasteiger partial charge >= 0.3 is 0 Å². The summed E-state index contributed by atoms with van der Waals surface area (Å²) in [6.45, 7) is 0. The first-order valence-electron chi connectivity index (χ1n) is 18.4. The maximum atomic E-state index is 6.36. The second-order valence-corrected chi connectivity index (χ2v) is 13.7. The molecule has 0 saturated carbocycles. The van der Waals surface area contributed by atoms with Crippen LogP contribution in [0, 0.1) is 0 Å². The van der Waals surface area contributed by atoms with E-state index in [1.807, 2.05) is 12.1 Å². The zero-order valence-corrected chi connectivity index (χ0v) is 29.6. The fourth-order valence-corrected chi connectivity index (χ4v) is 7.79. The third-order valence-electron chi connectivity index (χ3n) is 10.5. The second kappa shape index (κ2) is 13.4. The van der Waals surface area contributed by atoms with Gasteiger partial charge in [0.05, 0.1) is 11.4 Å². The molecular formula is C52H35NO. The Kier molecular flexibility index (Phi) is 7.85. The molecule has 10 rings (SSSR count). The van der Waals surface area contributed by atoms with Gasteiger partial charge in [0, 0.05) is 27.6 Å². The van der Waals surface area contributed by atoms with Crippen molar-refractivity contribution in [1.82, 2.24) is 0 Å². The predicted octanol–water partition coefficient (Wildman–Crippen LogP) is 14.9. The van der Waals surface area contributed by atoms with Gasteiger partial charge in [0.2, 0.25) is 0 Å². The lowest BCUT2D eigenvalue weighted by atomic mass is 9.96. The molecule has 10 aromatic rings. The van der Waals surface area contributed by atoms with Crippen LogP contribution in [0.4, 0.5) is 17.1 Å². The average molecular weight is 690 g/mol. The van der Waals surface area contributed by atoms with E-state index < -0.39 is 0 Å². The van der Waals surface area contributed by atoms with E-state index in [9.17, 15) is 0 Å². The molecule has 0 aliphatic rings. The van der Waals surface area contributed by atoms with Crippen LogP contribution < -0.4 is 4.90 Å². The Bertz CT molecular complexity index is 2940. The Morgan fingerprint density at radius 1 is 0.296 bits per heavy atom. The van der Waals surface area contributed by atoms with E-state index in [1.165, 1.54) is 38.6 Å². The van der Waals surface area contributed by atoms with Crippen LogP contribution in [0.5, 0.6) is 0 Å². The molecule has 0 bridgehead atoms. The van der Waals surface area contributed by atoms with Gasteiger partial charge in [0.15, 0.2) is 0 Å². The molecule has 0 atom stereocenters. The molecule has 0 amide bonds. The number of benzene rings is 9. The first-order valence-corrected chi connectivity index (χ1v) is 18.4. The summed E-state index contributed by atoms with van der Waals surface area (Å²) in [5.41, 5.74) is 14.4. The van der Waals surface area contributed by atoms with Crippen molar-refractivity contribution in [3.8, 4) is 44.5 Å². The highest BCUT2D eigenvalue weighted by atomic mass is 16.3. The average Bonchev–Trinajstić information content (AvgIpc) is 3.63. The Morgan fingerprint density at radius 3 is 1.65 bits per heavy atom. The third-order valence-corrected chi connectivity index (χ3v) is 10.5. The van der Waals surface area contributed by atoms with Crippen molar-refractivity contribution in [1.29, 1.82) is 0 Å². The van der Waals surface area contributed by atoms with Crippen LogP contribution in [0.25, 0.3) is 77.2 Å². The molecule has 54 heavy (non-hydrogen) atoms. The maximum absolute atomic E-state index is 6.36. The van der Waals surface area contributed by atoms with E-state index >= 15 is 0 Å². The largest absolute Gasteiger partial charge is 0.456 e. The van der Waals surface area contributed by atoms with Gasteiger partial charge in [-0.15, -0.1) is 0 Å². The van der Waals surface area contributed by atoms with Crippen molar-refractivity contribution >= 4 is 49.8 Å². The molecule has 254 valence electrons. The lowest BCUT2D eigenvalue weighted by molar-refractivity contribution is 0.669. The smallest absolute Gasteiger partial charge is 0.136 e. The van der Waals surface area contributed by atoms with Crippen LogP contribution >= 0.6 is 0 Å². The van der Waals surface area contributed by atoms with E-state index in [4.69, 9.17) is 4.42 Å². The third kappa shape index (κ3) is 5.71. The van der Waals surface area contributed by atoms with Crippen LogP contribution in [0.3, 0.4) is 0 Å². The van der Waals surface area contributed by atoms with Crippen LogP contribution in [-0.4, -0.2) is 0 Å². The minimum absolute atomic E-state index is 0.884. The summed E-state index contributed by atoms with van der Waals surface area (Å²) in [4.78, 5) is 2.40. The predicted molar refractivity (Wildman–Crippen MR) is 228 cm³/mol. The monoisotopic (exact) mass is 689 g/mol. The van der Waals surface area contributed by atoms with Gasteiger partial charge in [-0.2, -0.15) is 0 Å². The molecule has 0 fully saturated rings. The van der Waals surface area contributed by atoms with Crippen molar-refractivity contribution < 1.29 is 4.42 Å². The summed E-state index contributed by atoms with van der Waals surface area (Å²) in [7, 11) is 0. The Morgan fingerprint density at radius 2 is 0.852 bits per heavy atom. The van der Waals surface area contributed by atoms with Crippen molar-refractivity contribution in [3.05, 3.63) is 212 Å². The standard InChI is InChI=1S/C52H35NO/c1-2-14-38(15-3-1)45-19-6-9-22-49(45)53(50-23-10-7-20-46(50)43-29-32-48-47-21-8-11-24-51(47)54-52(48)35-43)44-30-27-37(28-31-44)40-17-12-18-41(33-40)42-26-25-36-13-4-5-16-39(36)34-42/h1-35H. The van der Waals surface area contributed by atoms with Gasteiger partial charge in [-0.3, -0.25) is 0 Å². The molecule has 0 N–H and O–H groups in total. The maximum Gasteiger partial charge on any atom is 0.136 e. The zero-order chi connectivity index (χ0) is 35.8. The Labute approximate surface area is 314 Å². The molecule has 1 heterocycles. The minimum Gasteiger partial charge on any atom is -0.456 e. The number of hydrogen-bond acceptors (Lipinski definition) is 2. The van der Waals surface area contributed by atoms with Gasteiger partial charge in [0.1, 0.15) is 11.2 Å². The highest BCUT2D eigenvalue weighted by Crippen LogP contribution is 2.45. The van der Waals surface area contributed by atoms with Crippen LogP contribution in [0.2, 0.25) is 0 Å². The quantitative estimate of drug-likeness (QED) is 0.166. The molecule has 2 nitrogen and oxygen atoms in total. The minimum atomic E-state index is 0.884. The fourth-order valence-electron chi connectivity index (χ4n) is 7.79. The summed E-state index contributed by atoms with van der Waals surface area (Å²) in [5, 5.41) is 4.76. The Balaban J connectivity index is 1.09. The molecule has 0 spiro atoms. The van der Waals surface area contributed by atoms with E-state index in [0.29, 0.717) is 0 Å². The number of furan rings is 1. The zero-order valence-electron chi connectivity index (χ0n) is 29.6. The summed E-state index contributed by atoms with van der Waals surface area (Å²) in [6, 6.07) is 76.0. The van der Waals surface area contributed by atoms with Crippen molar-refractivity contribution in [2.75, 3.05) is 4.90 Å². The van der Waals surface area contributed by atoms with Crippen LogP contribution in [0.15, 0.2) is 217 Å². The van der Waals surface area contributed by atoms with Crippen molar-refractivity contribution in [2.45, 2.75) is 0 Å². The summed E-state index contributed by atoms with van der Waals surface area (Å²) >= 11 is 0. The molecule has 1 aromatic heterocycles. The van der Waals surface area contributed by atoms with Gasteiger partial charge in [-0.05, 0) is 98.8 Å². The SMILES string of the molecule is c1ccc(-c2ccccc2N(c2ccc(-c3cccc(-c4ccc5ccccc5c4)c3)cc2)c2ccccc2-c2ccc3c(c2)oc2ccccc23)cc1. The van der Waals surface area contributed by atoms with E-state index in [-0.39, 0.29) is 0 Å². The fraction of sp³-hybridized carbons (Fsp3) is 0. The highest BCUT2D eigenvalue weighted by Gasteiger charge is 2.21. The van der Waals surface area contributed by atoms with Crippen molar-refractivity contribution in [2.24, 2.45) is 0 Å². The lowest BCUT2D eigenvalue weighted by Gasteiger charge is -2.30. The molecule has 9 aromatic carbocycles. The Hall–Kier alpha value is -7.16. The number of hydrogen-bond donors (Lipinski definition) is 0. The first-order chi connectivity index (χ1) is 26.8. The van der Waals surface area contributed by atoms with Gasteiger partial charge in [-0.25, -0.2) is 0 Å². The van der Waals surface area contributed by atoms with Crippen LogP contribution in [0.1, 0.15) is 0 Å². The molecule has 0 saturated heterocycles. The molecule has 0 aliphatic heterocycles. The summed E-state index contributed by atoms with van der Waals surface area (Å²) in [6.07, 6.45) is 0. The molecule has 2 heteroatoms. The lowest BCUT2D eigenvalue weighted by Crippen LogP contribution is -2.12. The van der Waals surface area contributed by atoms with Gasteiger partial charge in [-0.1, -0.05) is 158 Å². The number of rotatable bonds is 7. The normalized spacial score (nSPS) is 11.3. The molecule has 0 unspecified atom stereocenters. The number of anilines is 3. The van der Waals surface area contributed by atoms with Gasteiger partial charge in [0.25, 0.3) is 0 Å². The first kappa shape index (κ1) is 31.6. The highest BCUT2D eigenvalue weighted by molar-refractivity contribution is 6.06. The van der Waals surface area contributed by atoms with E-state index in [1.54, 1.807) is 0 Å². The molecule has 0 radical (unpaired) electrons. The van der Waals surface area contributed by atoms with Gasteiger partial charge < -0.3 is 9.32 Å². The molecular weight excluding hydrogens is 655 g/mol. The summed E-state index contributed by atoms with van der Waals surface area (Å²) < 4.78 is 6.36. The topological polar surface area (TPSA) is 16.4 Å². The van der Waals surface area contributed by atoms with E-state index in [0.717, 1.165) is 55.7 Å². The number of fused-ring (bicyclic) bond motifs is 4. The van der Waals surface area contributed by atoms with Crippen LogP contribution in [-0.2, 0) is 0 Å². The number of para-hydroxylation sites is 3. The summed E-state index contributed by atoms with van der Waals surface area (Å²) in [5.74, 6) is 0. The second-order valence-electron chi connectivity index (χ2n) is 13.7. The number of nitrogens with zero attached hydrogens (tertiary/aromatic N) is 1. The van der Waals surface area contributed by atoms with E-state index in [2.05, 4.69) is 205 Å². The van der Waals surface area contributed by atoms with Crippen molar-refractivity contribution in [3.63, 3.8) is 0 Å². The molecule has 0 aliphatic carbocycles.